The number of aromatic nitrogens is 3. The van der Waals surface area contributed by atoms with Gasteiger partial charge in [0.05, 0.1) is 16.7 Å². The van der Waals surface area contributed by atoms with Gasteiger partial charge in [0, 0.05) is 12.7 Å². The molecule has 29 heavy (non-hydrogen) atoms. The lowest BCUT2D eigenvalue weighted by molar-refractivity contribution is -0.132. The molecule has 0 fully saturated rings. The van der Waals surface area contributed by atoms with Crippen molar-refractivity contribution in [3.63, 3.8) is 0 Å². The van der Waals surface area contributed by atoms with E-state index in [1.54, 1.807) is 25.3 Å². The zero-order valence-electron chi connectivity index (χ0n) is 16.5. The molecule has 0 aliphatic heterocycles. The Balaban J connectivity index is 1.54. The SMILES string of the molecule is CCc1ccccc1NC(=O)CN(C)C(=O)C(C)Sc1n[nH]c(-c2cccs2)n1. The maximum atomic E-state index is 12.7. The molecule has 2 aromatic heterocycles. The summed E-state index contributed by atoms with van der Waals surface area (Å²) in [6, 6.07) is 11.6. The summed E-state index contributed by atoms with van der Waals surface area (Å²) in [5.41, 5.74) is 1.84. The maximum Gasteiger partial charge on any atom is 0.243 e. The van der Waals surface area contributed by atoms with E-state index < -0.39 is 5.25 Å². The van der Waals surface area contributed by atoms with E-state index in [0.717, 1.165) is 22.5 Å². The van der Waals surface area contributed by atoms with Crippen LogP contribution in [-0.2, 0) is 16.0 Å². The highest BCUT2D eigenvalue weighted by molar-refractivity contribution is 8.00. The molecule has 1 aromatic carbocycles. The van der Waals surface area contributed by atoms with Crippen molar-refractivity contribution in [1.82, 2.24) is 20.1 Å². The van der Waals surface area contributed by atoms with E-state index in [-0.39, 0.29) is 18.4 Å². The first-order valence-electron chi connectivity index (χ1n) is 9.23. The Morgan fingerprint density at radius 3 is 2.79 bits per heavy atom. The third kappa shape index (κ3) is 5.45. The Hall–Kier alpha value is -2.65. The van der Waals surface area contributed by atoms with Crippen LogP contribution in [0.1, 0.15) is 19.4 Å². The van der Waals surface area contributed by atoms with Crippen molar-refractivity contribution in [1.29, 1.82) is 0 Å². The first-order chi connectivity index (χ1) is 14.0. The second kappa shape index (κ2) is 9.71. The summed E-state index contributed by atoms with van der Waals surface area (Å²) in [4.78, 5) is 31.9. The largest absolute Gasteiger partial charge is 0.335 e. The maximum absolute atomic E-state index is 12.7. The van der Waals surface area contributed by atoms with Crippen LogP contribution in [0.3, 0.4) is 0 Å². The predicted molar refractivity (Wildman–Crippen MR) is 117 cm³/mol. The van der Waals surface area contributed by atoms with Crippen molar-refractivity contribution in [2.75, 3.05) is 18.9 Å². The van der Waals surface area contributed by atoms with Gasteiger partial charge in [-0.2, -0.15) is 0 Å². The van der Waals surface area contributed by atoms with E-state index in [9.17, 15) is 9.59 Å². The molecule has 7 nitrogen and oxygen atoms in total. The molecular formula is C20H23N5O2S2. The topological polar surface area (TPSA) is 91.0 Å². The van der Waals surface area contributed by atoms with E-state index in [0.29, 0.717) is 11.0 Å². The highest BCUT2D eigenvalue weighted by atomic mass is 32.2. The standard InChI is InChI=1S/C20H23N5O2S2/c1-4-14-8-5-6-9-15(14)21-17(26)12-25(3)19(27)13(2)29-20-22-18(23-24-20)16-10-7-11-28-16/h5-11,13H,4,12H2,1-3H3,(H,21,26)(H,22,23,24). The predicted octanol–water partition coefficient (Wildman–Crippen LogP) is 3.67. The van der Waals surface area contributed by atoms with E-state index in [4.69, 9.17) is 0 Å². The average Bonchev–Trinajstić information content (AvgIpc) is 3.39. The number of H-pyrrole nitrogens is 1. The van der Waals surface area contributed by atoms with Gasteiger partial charge in [-0.05, 0) is 36.4 Å². The number of rotatable bonds is 8. The van der Waals surface area contributed by atoms with Gasteiger partial charge in [-0.15, -0.1) is 16.4 Å². The molecule has 2 heterocycles. The van der Waals surface area contributed by atoms with Gasteiger partial charge in [-0.25, -0.2) is 4.98 Å². The molecular weight excluding hydrogens is 406 g/mol. The fraction of sp³-hybridized carbons (Fsp3) is 0.300. The lowest BCUT2D eigenvalue weighted by atomic mass is 10.1. The lowest BCUT2D eigenvalue weighted by Crippen LogP contribution is -2.39. The molecule has 0 bridgehead atoms. The molecule has 0 spiro atoms. The number of thioether (sulfide) groups is 1. The number of aromatic amines is 1. The van der Waals surface area contributed by atoms with E-state index in [2.05, 4.69) is 20.5 Å². The fourth-order valence-electron chi connectivity index (χ4n) is 2.78. The second-order valence-corrected chi connectivity index (χ2v) is 8.71. The number of hydrogen-bond acceptors (Lipinski definition) is 6. The Kier molecular flexibility index (Phi) is 7.05. The number of hydrogen-bond donors (Lipinski definition) is 2. The van der Waals surface area contributed by atoms with Gasteiger partial charge in [-0.3, -0.25) is 14.7 Å². The third-order valence-corrected chi connectivity index (χ3v) is 6.10. The smallest absolute Gasteiger partial charge is 0.243 e. The zero-order chi connectivity index (χ0) is 20.8. The summed E-state index contributed by atoms with van der Waals surface area (Å²) < 4.78 is 0. The van der Waals surface area contributed by atoms with Crippen LogP contribution in [0.15, 0.2) is 46.9 Å². The number of anilines is 1. The van der Waals surface area contributed by atoms with Crippen molar-refractivity contribution in [3.8, 4) is 10.7 Å². The molecule has 0 saturated carbocycles. The molecule has 0 saturated heterocycles. The molecule has 0 radical (unpaired) electrons. The van der Waals surface area contributed by atoms with Crippen LogP contribution in [-0.4, -0.2) is 50.7 Å². The number of benzene rings is 1. The normalized spacial score (nSPS) is 11.8. The van der Waals surface area contributed by atoms with Crippen LogP contribution in [0.25, 0.3) is 10.7 Å². The quantitative estimate of drug-likeness (QED) is 0.533. The van der Waals surface area contributed by atoms with Gasteiger partial charge in [0.1, 0.15) is 0 Å². The van der Waals surface area contributed by atoms with E-state index >= 15 is 0 Å². The Labute approximate surface area is 177 Å². The first-order valence-corrected chi connectivity index (χ1v) is 11.0. The molecule has 2 N–H and O–H groups in total. The monoisotopic (exact) mass is 429 g/mol. The molecule has 3 rings (SSSR count). The van der Waals surface area contributed by atoms with Gasteiger partial charge < -0.3 is 10.2 Å². The van der Waals surface area contributed by atoms with Crippen LogP contribution in [0, 0.1) is 0 Å². The van der Waals surface area contributed by atoms with Gasteiger partial charge in [0.2, 0.25) is 17.0 Å². The minimum absolute atomic E-state index is 0.0176. The Morgan fingerprint density at radius 1 is 1.28 bits per heavy atom. The summed E-state index contributed by atoms with van der Waals surface area (Å²) >= 11 is 2.83. The minimum Gasteiger partial charge on any atom is -0.335 e. The summed E-state index contributed by atoms with van der Waals surface area (Å²) in [5, 5.41) is 12.0. The van der Waals surface area contributed by atoms with Gasteiger partial charge in [0.25, 0.3) is 0 Å². The highest BCUT2D eigenvalue weighted by Crippen LogP contribution is 2.25. The van der Waals surface area contributed by atoms with Crippen LogP contribution >= 0.6 is 23.1 Å². The van der Waals surface area contributed by atoms with Crippen LogP contribution in [0.5, 0.6) is 0 Å². The number of amides is 2. The molecule has 9 heteroatoms. The summed E-state index contributed by atoms with van der Waals surface area (Å²) in [5.74, 6) is 0.303. The second-order valence-electron chi connectivity index (χ2n) is 6.46. The van der Waals surface area contributed by atoms with Crippen molar-refractivity contribution in [3.05, 3.63) is 47.3 Å². The van der Waals surface area contributed by atoms with E-state index in [1.807, 2.05) is 48.7 Å². The Morgan fingerprint density at radius 2 is 2.07 bits per heavy atom. The number of carbonyl (C=O) groups is 2. The number of nitrogens with zero attached hydrogens (tertiary/aromatic N) is 3. The number of para-hydroxylation sites is 1. The van der Waals surface area contributed by atoms with E-state index in [1.165, 1.54) is 16.7 Å². The minimum atomic E-state index is -0.414. The molecule has 2 amide bonds. The molecule has 1 atom stereocenters. The van der Waals surface area contributed by atoms with Gasteiger partial charge in [0.15, 0.2) is 5.82 Å². The lowest BCUT2D eigenvalue weighted by Gasteiger charge is -2.20. The molecule has 0 aliphatic carbocycles. The molecule has 1 unspecified atom stereocenters. The first kappa shape index (κ1) is 21.1. The molecule has 3 aromatic rings. The fourth-order valence-corrected chi connectivity index (χ4v) is 4.28. The van der Waals surface area contributed by atoms with Crippen LogP contribution in [0.2, 0.25) is 0 Å². The van der Waals surface area contributed by atoms with Crippen LogP contribution in [0.4, 0.5) is 5.69 Å². The van der Waals surface area contributed by atoms with Crippen molar-refractivity contribution in [2.45, 2.75) is 30.7 Å². The highest BCUT2D eigenvalue weighted by Gasteiger charge is 2.22. The number of likely N-dealkylation sites (N-methyl/N-ethyl adjacent to an activating group) is 1. The number of nitrogens with one attached hydrogen (secondary N) is 2. The summed E-state index contributed by atoms with van der Waals surface area (Å²) in [6.45, 7) is 3.80. The van der Waals surface area contributed by atoms with Crippen LogP contribution < -0.4 is 5.32 Å². The Bertz CT molecular complexity index is 971. The number of thiophene rings is 1. The van der Waals surface area contributed by atoms with Gasteiger partial charge >= 0.3 is 0 Å². The van der Waals surface area contributed by atoms with Crippen molar-refractivity contribution < 1.29 is 9.59 Å². The molecule has 152 valence electrons. The van der Waals surface area contributed by atoms with Crippen molar-refractivity contribution >= 4 is 40.6 Å². The summed E-state index contributed by atoms with van der Waals surface area (Å²) in [6.07, 6.45) is 0.822. The summed E-state index contributed by atoms with van der Waals surface area (Å²) in [7, 11) is 1.62. The number of carbonyl (C=O) groups excluding carboxylic acids is 2. The third-order valence-electron chi connectivity index (χ3n) is 4.28. The van der Waals surface area contributed by atoms with Crippen molar-refractivity contribution in [2.24, 2.45) is 0 Å². The zero-order valence-corrected chi connectivity index (χ0v) is 18.1. The average molecular weight is 430 g/mol. The molecule has 0 aliphatic rings. The van der Waals surface area contributed by atoms with Gasteiger partial charge in [-0.1, -0.05) is 43.0 Å². The number of aryl methyl sites for hydroxylation is 1.